The first-order valence-electron chi connectivity index (χ1n) is 6.09. The zero-order valence-corrected chi connectivity index (χ0v) is 11.0. The Morgan fingerprint density at radius 1 is 1.29 bits per heavy atom. The lowest BCUT2D eigenvalue weighted by atomic mass is 9.94. The number of rotatable bonds is 6. The summed E-state index contributed by atoms with van der Waals surface area (Å²) in [5.41, 5.74) is -4.08. The first kappa shape index (κ1) is 15.1. The molecule has 0 aromatic carbocycles. The number of halogens is 3. The predicted molar refractivity (Wildman–Crippen MR) is 66.2 cm³/mol. The lowest BCUT2D eigenvalue weighted by Gasteiger charge is -2.31. The van der Waals surface area contributed by atoms with E-state index in [1.54, 1.807) is 0 Å². The number of hydrogen-bond donors (Lipinski definition) is 1. The molecule has 2 nitrogen and oxygen atoms in total. The standard InChI is InChI=1S/C11H21F3N2S/c1-15-5-2-10-3-6-16(7-4-10)8-9-17-11(12,13)14/h10,15H,2-9H2,1H3. The van der Waals surface area contributed by atoms with Crippen molar-refractivity contribution in [1.82, 2.24) is 10.2 Å². The Hall–Kier alpha value is 0.0600. The minimum absolute atomic E-state index is 0.0902. The van der Waals surface area contributed by atoms with Crippen molar-refractivity contribution in [2.45, 2.75) is 24.8 Å². The maximum Gasteiger partial charge on any atom is 0.441 e. The van der Waals surface area contributed by atoms with E-state index in [9.17, 15) is 13.2 Å². The van der Waals surface area contributed by atoms with Crippen molar-refractivity contribution in [2.75, 3.05) is 39.0 Å². The number of hydrogen-bond acceptors (Lipinski definition) is 3. The van der Waals surface area contributed by atoms with Crippen LogP contribution in [0, 0.1) is 5.92 Å². The molecular weight excluding hydrogens is 249 g/mol. The summed E-state index contributed by atoms with van der Waals surface area (Å²) < 4.78 is 35.8. The summed E-state index contributed by atoms with van der Waals surface area (Å²) in [5.74, 6) is 0.902. The van der Waals surface area contributed by atoms with Gasteiger partial charge in [-0.15, -0.1) is 0 Å². The van der Waals surface area contributed by atoms with Gasteiger partial charge in [0.1, 0.15) is 0 Å². The lowest BCUT2D eigenvalue weighted by molar-refractivity contribution is -0.0329. The van der Waals surface area contributed by atoms with Crippen LogP contribution in [0.5, 0.6) is 0 Å². The van der Waals surface area contributed by atoms with E-state index in [4.69, 9.17) is 0 Å². The number of nitrogens with one attached hydrogen (secondary N) is 1. The molecule has 0 aliphatic carbocycles. The molecule has 6 heteroatoms. The van der Waals surface area contributed by atoms with E-state index in [1.165, 1.54) is 6.42 Å². The van der Waals surface area contributed by atoms with Gasteiger partial charge in [-0.2, -0.15) is 13.2 Å². The minimum atomic E-state index is -4.08. The van der Waals surface area contributed by atoms with E-state index in [1.807, 2.05) is 7.05 Å². The molecule has 102 valence electrons. The molecule has 1 heterocycles. The molecule has 1 rings (SSSR count). The number of likely N-dealkylation sites (tertiary alicyclic amines) is 1. The van der Waals surface area contributed by atoms with E-state index >= 15 is 0 Å². The van der Waals surface area contributed by atoms with Crippen LogP contribution in [-0.4, -0.2) is 49.4 Å². The van der Waals surface area contributed by atoms with E-state index in [0.717, 1.165) is 38.4 Å². The summed E-state index contributed by atoms with van der Waals surface area (Å²) in [6, 6.07) is 0. The van der Waals surface area contributed by atoms with Crippen molar-refractivity contribution in [2.24, 2.45) is 5.92 Å². The third-order valence-corrected chi connectivity index (χ3v) is 3.90. The largest absolute Gasteiger partial charge is 0.441 e. The topological polar surface area (TPSA) is 15.3 Å². The molecule has 1 N–H and O–H groups in total. The van der Waals surface area contributed by atoms with Crippen LogP contribution in [0.25, 0.3) is 0 Å². The van der Waals surface area contributed by atoms with Crippen LogP contribution in [0.2, 0.25) is 0 Å². The Balaban J connectivity index is 2.07. The SMILES string of the molecule is CNCCC1CCN(CCSC(F)(F)F)CC1. The van der Waals surface area contributed by atoms with Crippen LogP contribution in [0.3, 0.4) is 0 Å². The average molecular weight is 270 g/mol. The van der Waals surface area contributed by atoms with Crippen LogP contribution in [-0.2, 0) is 0 Å². The Labute approximate surface area is 105 Å². The highest BCUT2D eigenvalue weighted by molar-refractivity contribution is 8.00. The molecule has 1 saturated heterocycles. The van der Waals surface area contributed by atoms with Crippen molar-refractivity contribution in [3.05, 3.63) is 0 Å². The molecule has 0 radical (unpaired) electrons. The first-order valence-corrected chi connectivity index (χ1v) is 7.07. The van der Waals surface area contributed by atoms with Gasteiger partial charge in [-0.3, -0.25) is 0 Å². The number of thioether (sulfide) groups is 1. The summed E-state index contributed by atoms with van der Waals surface area (Å²) in [6.07, 6.45) is 3.43. The van der Waals surface area contributed by atoms with E-state index < -0.39 is 5.51 Å². The van der Waals surface area contributed by atoms with E-state index in [-0.39, 0.29) is 17.5 Å². The summed E-state index contributed by atoms with van der Waals surface area (Å²) in [4.78, 5) is 2.15. The van der Waals surface area contributed by atoms with Crippen LogP contribution in [0.4, 0.5) is 13.2 Å². The maximum atomic E-state index is 11.9. The lowest BCUT2D eigenvalue weighted by Crippen LogP contribution is -2.36. The molecule has 0 atom stereocenters. The molecule has 0 amide bonds. The van der Waals surface area contributed by atoms with Crippen molar-refractivity contribution in [3.8, 4) is 0 Å². The van der Waals surface area contributed by atoms with Crippen LogP contribution < -0.4 is 5.32 Å². The average Bonchev–Trinajstić information content (AvgIpc) is 2.26. The predicted octanol–water partition coefficient (Wildman–Crippen LogP) is 2.56. The van der Waals surface area contributed by atoms with Gasteiger partial charge in [0.25, 0.3) is 0 Å². The first-order chi connectivity index (χ1) is 8.01. The highest BCUT2D eigenvalue weighted by atomic mass is 32.2. The van der Waals surface area contributed by atoms with Crippen LogP contribution in [0.15, 0.2) is 0 Å². The minimum Gasteiger partial charge on any atom is -0.320 e. The molecule has 1 fully saturated rings. The van der Waals surface area contributed by atoms with Gasteiger partial charge in [0, 0.05) is 12.3 Å². The molecule has 0 unspecified atom stereocenters. The monoisotopic (exact) mass is 270 g/mol. The third-order valence-electron chi connectivity index (χ3n) is 3.18. The van der Waals surface area contributed by atoms with E-state index in [2.05, 4.69) is 10.2 Å². The zero-order chi connectivity index (χ0) is 12.7. The molecule has 1 aliphatic heterocycles. The molecular formula is C11H21F3N2S. The third kappa shape index (κ3) is 7.16. The van der Waals surface area contributed by atoms with Crippen molar-refractivity contribution < 1.29 is 13.2 Å². The second-order valence-electron chi connectivity index (χ2n) is 4.47. The Bertz CT molecular complexity index is 203. The maximum absolute atomic E-state index is 11.9. The Kier molecular flexibility index (Phi) is 6.66. The molecule has 0 aromatic rings. The summed E-state index contributed by atoms with van der Waals surface area (Å²) in [6.45, 7) is 3.50. The normalized spacial score (nSPS) is 19.8. The van der Waals surface area contributed by atoms with Gasteiger partial charge >= 0.3 is 5.51 Å². The Morgan fingerprint density at radius 2 is 1.94 bits per heavy atom. The number of piperidine rings is 1. The van der Waals surface area contributed by atoms with Crippen LogP contribution >= 0.6 is 11.8 Å². The second kappa shape index (κ2) is 7.48. The van der Waals surface area contributed by atoms with Gasteiger partial charge in [0.2, 0.25) is 0 Å². The summed E-state index contributed by atoms with van der Waals surface area (Å²) in [5, 5.41) is 3.14. The van der Waals surface area contributed by atoms with Gasteiger partial charge in [-0.05, 0) is 63.6 Å². The highest BCUT2D eigenvalue weighted by Gasteiger charge is 2.28. The fourth-order valence-corrected chi connectivity index (χ4v) is 2.72. The van der Waals surface area contributed by atoms with Gasteiger partial charge < -0.3 is 10.2 Å². The second-order valence-corrected chi connectivity index (χ2v) is 5.63. The van der Waals surface area contributed by atoms with Crippen molar-refractivity contribution in [1.29, 1.82) is 0 Å². The molecule has 17 heavy (non-hydrogen) atoms. The van der Waals surface area contributed by atoms with Gasteiger partial charge in [-0.1, -0.05) is 0 Å². The summed E-state index contributed by atoms with van der Waals surface area (Å²) in [7, 11) is 1.95. The smallest absolute Gasteiger partial charge is 0.320 e. The molecule has 0 spiro atoms. The molecule has 0 saturated carbocycles. The van der Waals surface area contributed by atoms with Crippen LogP contribution in [0.1, 0.15) is 19.3 Å². The fourth-order valence-electron chi connectivity index (χ4n) is 2.14. The van der Waals surface area contributed by atoms with Gasteiger partial charge in [0.15, 0.2) is 0 Å². The van der Waals surface area contributed by atoms with Crippen molar-refractivity contribution >= 4 is 11.8 Å². The van der Waals surface area contributed by atoms with Gasteiger partial charge in [-0.25, -0.2) is 0 Å². The van der Waals surface area contributed by atoms with E-state index in [0.29, 0.717) is 6.54 Å². The number of alkyl halides is 3. The summed E-state index contributed by atoms with van der Waals surface area (Å²) >= 11 is 0.0902. The molecule has 0 aromatic heterocycles. The highest BCUT2D eigenvalue weighted by Crippen LogP contribution is 2.30. The Morgan fingerprint density at radius 3 is 2.47 bits per heavy atom. The molecule has 1 aliphatic rings. The quantitative estimate of drug-likeness (QED) is 0.798. The fraction of sp³-hybridized carbons (Fsp3) is 1.00. The van der Waals surface area contributed by atoms with Gasteiger partial charge in [0.05, 0.1) is 0 Å². The number of nitrogens with zero attached hydrogens (tertiary/aromatic N) is 1. The molecule has 0 bridgehead atoms. The van der Waals surface area contributed by atoms with Crippen molar-refractivity contribution in [3.63, 3.8) is 0 Å². The zero-order valence-electron chi connectivity index (χ0n) is 10.2.